The Balaban J connectivity index is 2.37. The van der Waals surface area contributed by atoms with E-state index in [2.05, 4.69) is 4.74 Å². The number of cyclic esters (lactones) is 1. The van der Waals surface area contributed by atoms with Crippen LogP contribution in [0.15, 0.2) is 0 Å². The summed E-state index contributed by atoms with van der Waals surface area (Å²) in [7, 11) is 3.73. The quantitative estimate of drug-likeness (QED) is 0.430. The lowest BCUT2D eigenvalue weighted by Crippen LogP contribution is -2.49. The Morgan fingerprint density at radius 3 is 2.38 bits per heavy atom. The zero-order chi connectivity index (χ0) is 6.15. The van der Waals surface area contributed by atoms with Crippen molar-refractivity contribution >= 4 is 5.97 Å². The first-order valence-corrected chi connectivity index (χ1v) is 2.55. The second-order valence-electron chi connectivity index (χ2n) is 2.11. The highest BCUT2D eigenvalue weighted by molar-refractivity contribution is 5.80. The number of carbonyl (C=O) groups excluding carboxylic acids is 1. The van der Waals surface area contributed by atoms with Gasteiger partial charge >= 0.3 is 5.97 Å². The van der Waals surface area contributed by atoms with Crippen molar-refractivity contribution in [1.29, 1.82) is 0 Å². The van der Waals surface area contributed by atoms with Crippen LogP contribution in [-0.4, -0.2) is 37.6 Å². The molecule has 0 aliphatic carbocycles. The van der Waals surface area contributed by atoms with E-state index in [4.69, 9.17) is 0 Å². The Bertz CT molecular complexity index is 111. The topological polar surface area (TPSA) is 29.5 Å². The van der Waals surface area contributed by atoms with Crippen molar-refractivity contribution in [2.75, 3.05) is 20.7 Å². The molecule has 1 heterocycles. The van der Waals surface area contributed by atoms with E-state index in [1.165, 1.54) is 0 Å². The van der Waals surface area contributed by atoms with Crippen LogP contribution >= 0.6 is 0 Å². The van der Waals surface area contributed by atoms with E-state index >= 15 is 0 Å². The molecule has 1 aliphatic rings. The van der Waals surface area contributed by atoms with E-state index in [1.54, 1.807) is 0 Å². The summed E-state index contributed by atoms with van der Waals surface area (Å²) in [5.41, 5.74) is 0. The van der Waals surface area contributed by atoms with E-state index in [9.17, 15) is 4.79 Å². The van der Waals surface area contributed by atoms with Gasteiger partial charge in [-0.05, 0) is 14.1 Å². The molecular weight excluding hydrogens is 106 g/mol. The molecule has 1 saturated heterocycles. The predicted molar refractivity (Wildman–Crippen MR) is 28.4 cm³/mol. The molecule has 0 bridgehead atoms. The molecule has 0 aromatic carbocycles. The van der Waals surface area contributed by atoms with Crippen molar-refractivity contribution in [3.63, 3.8) is 0 Å². The fourth-order valence-corrected chi connectivity index (χ4v) is 0.586. The van der Waals surface area contributed by atoms with Crippen LogP contribution in [0.1, 0.15) is 0 Å². The van der Waals surface area contributed by atoms with Crippen LogP contribution in [0.4, 0.5) is 0 Å². The third-order valence-electron chi connectivity index (χ3n) is 1.28. The number of hydrogen-bond donors (Lipinski definition) is 0. The molecule has 3 heteroatoms. The molecule has 3 nitrogen and oxygen atoms in total. The van der Waals surface area contributed by atoms with Crippen LogP contribution < -0.4 is 0 Å². The molecule has 0 aromatic heterocycles. The smallest absolute Gasteiger partial charge is 0.326 e. The number of nitrogens with zero attached hydrogens (tertiary/aromatic N) is 1. The fourth-order valence-electron chi connectivity index (χ4n) is 0.586. The van der Waals surface area contributed by atoms with Gasteiger partial charge in [0.2, 0.25) is 0 Å². The summed E-state index contributed by atoms with van der Waals surface area (Å²) in [5.74, 6) is -0.102. The minimum absolute atomic E-state index is 0.0231. The molecular formula is C5H9NO2. The average Bonchev–Trinajstić information content (AvgIpc) is 1.61. The monoisotopic (exact) mass is 115 g/mol. The molecule has 0 amide bonds. The Morgan fingerprint density at radius 1 is 1.75 bits per heavy atom. The minimum Gasteiger partial charge on any atom is -0.462 e. The highest BCUT2D eigenvalue weighted by Crippen LogP contribution is 2.07. The summed E-state index contributed by atoms with van der Waals surface area (Å²) in [6.07, 6.45) is 0. The second kappa shape index (κ2) is 1.74. The van der Waals surface area contributed by atoms with E-state index in [-0.39, 0.29) is 12.0 Å². The molecule has 1 rings (SSSR count). The average molecular weight is 115 g/mol. The largest absolute Gasteiger partial charge is 0.462 e. The molecule has 0 spiro atoms. The highest BCUT2D eigenvalue weighted by atomic mass is 16.6. The van der Waals surface area contributed by atoms with Gasteiger partial charge in [-0.25, -0.2) is 0 Å². The zero-order valence-corrected chi connectivity index (χ0v) is 5.05. The number of likely N-dealkylation sites (N-methyl/N-ethyl adjacent to an activating group) is 1. The van der Waals surface area contributed by atoms with Crippen LogP contribution in [0.2, 0.25) is 0 Å². The lowest BCUT2D eigenvalue weighted by Gasteiger charge is -2.29. The van der Waals surface area contributed by atoms with Crippen molar-refractivity contribution in [3.05, 3.63) is 0 Å². The van der Waals surface area contributed by atoms with Gasteiger partial charge in [0.15, 0.2) is 0 Å². The number of carbonyl (C=O) groups is 1. The van der Waals surface area contributed by atoms with Crippen molar-refractivity contribution in [2.45, 2.75) is 6.04 Å². The van der Waals surface area contributed by atoms with Crippen molar-refractivity contribution in [3.8, 4) is 0 Å². The van der Waals surface area contributed by atoms with Gasteiger partial charge in [0, 0.05) is 0 Å². The van der Waals surface area contributed by atoms with E-state index in [0.717, 1.165) is 0 Å². The van der Waals surface area contributed by atoms with Gasteiger partial charge in [0.1, 0.15) is 12.6 Å². The van der Waals surface area contributed by atoms with Gasteiger partial charge in [0.05, 0.1) is 0 Å². The first-order valence-electron chi connectivity index (χ1n) is 2.55. The van der Waals surface area contributed by atoms with E-state index < -0.39 is 0 Å². The molecule has 1 atom stereocenters. The maximum atomic E-state index is 10.4. The third-order valence-corrected chi connectivity index (χ3v) is 1.28. The zero-order valence-electron chi connectivity index (χ0n) is 5.05. The van der Waals surface area contributed by atoms with Crippen LogP contribution in [0, 0.1) is 0 Å². The van der Waals surface area contributed by atoms with Gasteiger partial charge in [-0.3, -0.25) is 9.69 Å². The van der Waals surface area contributed by atoms with Crippen LogP contribution in [0.25, 0.3) is 0 Å². The van der Waals surface area contributed by atoms with Crippen LogP contribution in [0.3, 0.4) is 0 Å². The number of rotatable bonds is 1. The Kier molecular flexibility index (Phi) is 1.21. The molecule has 1 unspecified atom stereocenters. The Morgan fingerprint density at radius 2 is 2.38 bits per heavy atom. The first-order chi connectivity index (χ1) is 3.72. The summed E-state index contributed by atoms with van der Waals surface area (Å²) in [5, 5.41) is 0. The maximum Gasteiger partial charge on any atom is 0.326 e. The molecule has 0 N–H and O–H groups in total. The fraction of sp³-hybridized carbons (Fsp3) is 0.800. The van der Waals surface area contributed by atoms with E-state index in [0.29, 0.717) is 6.61 Å². The first kappa shape index (κ1) is 5.56. The van der Waals surface area contributed by atoms with Crippen LogP contribution in [0.5, 0.6) is 0 Å². The number of esters is 1. The summed E-state index contributed by atoms with van der Waals surface area (Å²) < 4.78 is 4.52. The molecule has 1 fully saturated rings. The lowest BCUT2D eigenvalue weighted by atomic mass is 10.2. The summed E-state index contributed by atoms with van der Waals surface area (Å²) in [6.45, 7) is 0.561. The van der Waals surface area contributed by atoms with Gasteiger partial charge < -0.3 is 4.74 Å². The standard InChI is InChI=1S/C5H9NO2/c1-6(2)4-3-8-5(4)7/h4H,3H2,1-2H3. The summed E-state index contributed by atoms with van der Waals surface area (Å²) >= 11 is 0. The Hall–Kier alpha value is -0.570. The number of ether oxygens (including phenoxy) is 1. The van der Waals surface area contributed by atoms with E-state index in [1.807, 2.05) is 19.0 Å². The predicted octanol–water partition coefficient (Wildman–Crippen LogP) is -0.527. The summed E-state index contributed by atoms with van der Waals surface area (Å²) in [4.78, 5) is 12.3. The molecule has 0 aromatic rings. The molecule has 8 heavy (non-hydrogen) atoms. The molecule has 0 radical (unpaired) electrons. The molecule has 0 saturated carbocycles. The SMILES string of the molecule is CN(C)C1COC1=O. The molecule has 1 aliphatic heterocycles. The lowest BCUT2D eigenvalue weighted by molar-refractivity contribution is -0.169. The van der Waals surface area contributed by atoms with Crippen molar-refractivity contribution in [2.24, 2.45) is 0 Å². The molecule has 46 valence electrons. The Labute approximate surface area is 48.2 Å². The van der Waals surface area contributed by atoms with Crippen LogP contribution in [-0.2, 0) is 9.53 Å². The van der Waals surface area contributed by atoms with Gasteiger partial charge in [-0.2, -0.15) is 0 Å². The number of hydrogen-bond acceptors (Lipinski definition) is 3. The van der Waals surface area contributed by atoms with Crippen molar-refractivity contribution in [1.82, 2.24) is 4.90 Å². The third kappa shape index (κ3) is 0.690. The minimum atomic E-state index is -0.102. The summed E-state index contributed by atoms with van der Waals surface area (Å²) in [6, 6.07) is 0.0231. The van der Waals surface area contributed by atoms with Crippen molar-refractivity contribution < 1.29 is 9.53 Å². The normalized spacial score (nSPS) is 27.4. The van der Waals surface area contributed by atoms with Gasteiger partial charge in [0.25, 0.3) is 0 Å². The van der Waals surface area contributed by atoms with Gasteiger partial charge in [-0.1, -0.05) is 0 Å². The second-order valence-corrected chi connectivity index (χ2v) is 2.11. The maximum absolute atomic E-state index is 10.4. The highest BCUT2D eigenvalue weighted by Gasteiger charge is 2.32. The van der Waals surface area contributed by atoms with Gasteiger partial charge in [-0.15, -0.1) is 0 Å².